The van der Waals surface area contributed by atoms with E-state index in [1.807, 2.05) is 19.9 Å². The van der Waals surface area contributed by atoms with E-state index in [1.165, 1.54) is 0 Å². The van der Waals surface area contributed by atoms with Gasteiger partial charge in [0.25, 0.3) is 0 Å². The second-order valence-electron chi connectivity index (χ2n) is 4.27. The summed E-state index contributed by atoms with van der Waals surface area (Å²) in [6.07, 6.45) is 3.97. The Morgan fingerprint density at radius 1 is 1.27 bits per heavy atom. The van der Waals surface area contributed by atoms with Gasteiger partial charge in [-0.2, -0.15) is 0 Å². The van der Waals surface area contributed by atoms with Gasteiger partial charge in [-0.1, -0.05) is 27.2 Å². The average Bonchev–Trinajstić information content (AvgIpc) is 2.18. The molecule has 1 atom stereocenters. The highest BCUT2D eigenvalue weighted by molar-refractivity contribution is 5.09. The van der Waals surface area contributed by atoms with Crippen molar-refractivity contribution in [3.63, 3.8) is 0 Å². The average molecular weight is 208 g/mol. The Morgan fingerprint density at radius 3 is 2.53 bits per heavy atom. The quantitative estimate of drug-likeness (QED) is 0.805. The molecule has 1 aromatic heterocycles. The molecule has 0 aliphatic carbocycles. The lowest BCUT2D eigenvalue weighted by Gasteiger charge is -2.13. The third-order valence-electron chi connectivity index (χ3n) is 2.47. The van der Waals surface area contributed by atoms with E-state index in [0.717, 1.165) is 24.2 Å². The van der Waals surface area contributed by atoms with Crippen LogP contribution in [0.15, 0.2) is 12.4 Å². The number of rotatable bonds is 5. The van der Waals surface area contributed by atoms with Gasteiger partial charge in [0, 0.05) is 17.8 Å². The standard InChI is InChI=1S/C12H20N2O/c1-4-5-10-6-11(14-8-13-10)7-12(15)9(2)3/h6,8-9,12,15H,4-5,7H2,1-3H3. The Hall–Kier alpha value is -0.960. The van der Waals surface area contributed by atoms with Gasteiger partial charge in [0.15, 0.2) is 0 Å². The maximum Gasteiger partial charge on any atom is 0.115 e. The predicted octanol–water partition coefficient (Wildman–Crippen LogP) is 1.99. The number of aryl methyl sites for hydroxylation is 1. The first-order valence-electron chi connectivity index (χ1n) is 5.61. The van der Waals surface area contributed by atoms with Crippen molar-refractivity contribution in [3.05, 3.63) is 23.8 Å². The van der Waals surface area contributed by atoms with E-state index >= 15 is 0 Å². The van der Waals surface area contributed by atoms with Crippen molar-refractivity contribution in [2.75, 3.05) is 0 Å². The van der Waals surface area contributed by atoms with Crippen molar-refractivity contribution < 1.29 is 5.11 Å². The molecule has 0 aromatic carbocycles. The van der Waals surface area contributed by atoms with Crippen LogP contribution >= 0.6 is 0 Å². The number of hydrogen-bond donors (Lipinski definition) is 1. The highest BCUT2D eigenvalue weighted by Crippen LogP contribution is 2.09. The molecule has 1 unspecified atom stereocenters. The molecule has 0 aliphatic heterocycles. The Labute approximate surface area is 91.6 Å². The number of nitrogens with zero attached hydrogens (tertiary/aromatic N) is 2. The smallest absolute Gasteiger partial charge is 0.115 e. The highest BCUT2D eigenvalue weighted by Gasteiger charge is 2.11. The number of aliphatic hydroxyl groups is 1. The summed E-state index contributed by atoms with van der Waals surface area (Å²) in [5.41, 5.74) is 2.01. The molecular formula is C12H20N2O. The second-order valence-corrected chi connectivity index (χ2v) is 4.27. The lowest BCUT2D eigenvalue weighted by molar-refractivity contribution is 0.124. The van der Waals surface area contributed by atoms with E-state index < -0.39 is 0 Å². The summed E-state index contributed by atoms with van der Waals surface area (Å²) < 4.78 is 0. The van der Waals surface area contributed by atoms with Crippen LogP contribution in [-0.2, 0) is 12.8 Å². The van der Waals surface area contributed by atoms with Crippen molar-refractivity contribution in [1.29, 1.82) is 0 Å². The van der Waals surface area contributed by atoms with Crippen LogP contribution in [0.1, 0.15) is 38.6 Å². The zero-order valence-corrected chi connectivity index (χ0v) is 9.77. The monoisotopic (exact) mass is 208 g/mol. The van der Waals surface area contributed by atoms with Gasteiger partial charge in [0.2, 0.25) is 0 Å². The zero-order valence-electron chi connectivity index (χ0n) is 9.77. The lowest BCUT2D eigenvalue weighted by Crippen LogP contribution is -2.18. The van der Waals surface area contributed by atoms with E-state index in [2.05, 4.69) is 16.9 Å². The maximum atomic E-state index is 9.74. The normalized spacial score (nSPS) is 13.1. The third-order valence-corrected chi connectivity index (χ3v) is 2.47. The van der Waals surface area contributed by atoms with E-state index in [-0.39, 0.29) is 12.0 Å². The van der Waals surface area contributed by atoms with Gasteiger partial charge < -0.3 is 5.11 Å². The summed E-state index contributed by atoms with van der Waals surface area (Å²) in [6.45, 7) is 6.16. The van der Waals surface area contributed by atoms with E-state index in [1.54, 1.807) is 6.33 Å². The van der Waals surface area contributed by atoms with Gasteiger partial charge in [0.1, 0.15) is 6.33 Å². The van der Waals surface area contributed by atoms with E-state index in [9.17, 15) is 5.11 Å². The Morgan fingerprint density at radius 2 is 1.93 bits per heavy atom. The minimum atomic E-state index is -0.311. The molecule has 0 aliphatic rings. The molecule has 84 valence electrons. The molecule has 3 nitrogen and oxygen atoms in total. The van der Waals surface area contributed by atoms with Gasteiger partial charge in [0.05, 0.1) is 6.10 Å². The Balaban J connectivity index is 2.64. The summed E-state index contributed by atoms with van der Waals surface area (Å²) in [7, 11) is 0. The van der Waals surface area contributed by atoms with E-state index in [4.69, 9.17) is 0 Å². The SMILES string of the molecule is CCCc1cc(CC(O)C(C)C)ncn1. The predicted molar refractivity (Wildman–Crippen MR) is 60.6 cm³/mol. The van der Waals surface area contributed by atoms with Gasteiger partial charge in [-0.3, -0.25) is 0 Å². The fourth-order valence-electron chi connectivity index (χ4n) is 1.40. The summed E-state index contributed by atoms with van der Waals surface area (Å²) >= 11 is 0. The summed E-state index contributed by atoms with van der Waals surface area (Å²) in [6, 6.07) is 2.00. The van der Waals surface area contributed by atoms with E-state index in [0.29, 0.717) is 6.42 Å². The highest BCUT2D eigenvalue weighted by atomic mass is 16.3. The van der Waals surface area contributed by atoms with Crippen molar-refractivity contribution >= 4 is 0 Å². The van der Waals surface area contributed by atoms with Gasteiger partial charge in [-0.25, -0.2) is 9.97 Å². The van der Waals surface area contributed by atoms with Crippen molar-refractivity contribution in [2.45, 2.75) is 46.1 Å². The van der Waals surface area contributed by atoms with Crippen LogP contribution in [-0.4, -0.2) is 21.2 Å². The largest absolute Gasteiger partial charge is 0.392 e. The number of aromatic nitrogens is 2. The van der Waals surface area contributed by atoms with Crippen molar-refractivity contribution in [3.8, 4) is 0 Å². The van der Waals surface area contributed by atoms with Crippen LogP contribution in [0.5, 0.6) is 0 Å². The molecule has 1 N–H and O–H groups in total. The van der Waals surface area contributed by atoms with Gasteiger partial charge in [-0.15, -0.1) is 0 Å². The van der Waals surface area contributed by atoms with Crippen LogP contribution in [0.25, 0.3) is 0 Å². The van der Waals surface area contributed by atoms with Crippen LogP contribution in [0.2, 0.25) is 0 Å². The van der Waals surface area contributed by atoms with Crippen LogP contribution < -0.4 is 0 Å². The molecule has 0 bridgehead atoms. The minimum Gasteiger partial charge on any atom is -0.392 e. The van der Waals surface area contributed by atoms with Gasteiger partial charge >= 0.3 is 0 Å². The molecule has 0 spiro atoms. The fraction of sp³-hybridized carbons (Fsp3) is 0.667. The molecule has 1 rings (SSSR count). The summed E-state index contributed by atoms with van der Waals surface area (Å²) in [5.74, 6) is 0.273. The molecule has 0 amide bonds. The third kappa shape index (κ3) is 3.96. The molecule has 0 fully saturated rings. The molecule has 0 saturated heterocycles. The summed E-state index contributed by atoms with van der Waals surface area (Å²) in [5, 5.41) is 9.74. The fourth-order valence-corrected chi connectivity index (χ4v) is 1.40. The lowest BCUT2D eigenvalue weighted by atomic mass is 10.0. The Kier molecular flexibility index (Phi) is 4.69. The molecule has 0 saturated carbocycles. The van der Waals surface area contributed by atoms with Crippen molar-refractivity contribution in [2.24, 2.45) is 5.92 Å². The topological polar surface area (TPSA) is 46.0 Å². The first-order chi connectivity index (χ1) is 7.13. The molecule has 1 heterocycles. The second kappa shape index (κ2) is 5.81. The maximum absolute atomic E-state index is 9.74. The van der Waals surface area contributed by atoms with Crippen LogP contribution in [0.4, 0.5) is 0 Å². The molecule has 1 aromatic rings. The molecule has 3 heteroatoms. The minimum absolute atomic E-state index is 0.273. The van der Waals surface area contributed by atoms with Crippen molar-refractivity contribution in [1.82, 2.24) is 9.97 Å². The molecule has 0 radical (unpaired) electrons. The number of hydrogen-bond acceptors (Lipinski definition) is 3. The molecular weight excluding hydrogens is 188 g/mol. The van der Waals surface area contributed by atoms with Gasteiger partial charge in [-0.05, 0) is 18.4 Å². The first kappa shape index (κ1) is 12.1. The summed E-state index contributed by atoms with van der Waals surface area (Å²) in [4.78, 5) is 8.36. The van der Waals surface area contributed by atoms with Crippen LogP contribution in [0.3, 0.4) is 0 Å². The number of aliphatic hydroxyl groups excluding tert-OH is 1. The van der Waals surface area contributed by atoms with Crippen LogP contribution in [0, 0.1) is 5.92 Å². The molecule has 15 heavy (non-hydrogen) atoms. The first-order valence-corrected chi connectivity index (χ1v) is 5.61. The Bertz CT molecular complexity index is 299. The zero-order chi connectivity index (χ0) is 11.3.